The topological polar surface area (TPSA) is 67.2 Å². The maximum Gasteiger partial charge on any atom is 0.187 e. The Balaban J connectivity index is 1.49. The molecule has 1 aromatic carbocycles. The zero-order chi connectivity index (χ0) is 17.8. The summed E-state index contributed by atoms with van der Waals surface area (Å²) < 4.78 is 0. The lowest BCUT2D eigenvalue weighted by molar-refractivity contribution is 0.0802. The van der Waals surface area contributed by atoms with Crippen molar-refractivity contribution in [2.45, 2.75) is 18.9 Å². The van der Waals surface area contributed by atoms with Crippen LogP contribution in [0.1, 0.15) is 23.2 Å². The van der Waals surface area contributed by atoms with E-state index in [0.717, 1.165) is 26.2 Å². The van der Waals surface area contributed by atoms with Crippen molar-refractivity contribution in [3.63, 3.8) is 0 Å². The first-order valence-corrected chi connectivity index (χ1v) is 8.94. The van der Waals surface area contributed by atoms with E-state index in [-0.39, 0.29) is 17.3 Å². The van der Waals surface area contributed by atoms with Crippen molar-refractivity contribution >= 4 is 5.78 Å². The number of phenols is 2. The van der Waals surface area contributed by atoms with E-state index < -0.39 is 0 Å². The summed E-state index contributed by atoms with van der Waals surface area (Å²) >= 11 is 0. The smallest absolute Gasteiger partial charge is 0.187 e. The van der Waals surface area contributed by atoms with Crippen LogP contribution in [0.2, 0.25) is 0 Å². The maximum atomic E-state index is 12.2. The summed E-state index contributed by atoms with van der Waals surface area (Å²) in [5, 5.41) is 18.8. The highest BCUT2D eigenvalue weighted by Gasteiger charge is 2.25. The first-order valence-electron chi connectivity index (χ1n) is 8.94. The number of hydrogen-bond acceptors (Lipinski definition) is 6. The molecule has 0 unspecified atom stereocenters. The minimum atomic E-state index is -0.272. The molecule has 25 heavy (non-hydrogen) atoms. The van der Waals surface area contributed by atoms with Gasteiger partial charge in [-0.1, -0.05) is 0 Å². The number of ketones is 1. The van der Waals surface area contributed by atoms with Gasteiger partial charge in [0, 0.05) is 50.1 Å². The van der Waals surface area contributed by atoms with E-state index in [1.54, 1.807) is 0 Å². The molecule has 0 radical (unpaired) electrons. The van der Waals surface area contributed by atoms with Gasteiger partial charge < -0.3 is 20.0 Å². The van der Waals surface area contributed by atoms with E-state index in [4.69, 9.17) is 0 Å². The van der Waals surface area contributed by atoms with Gasteiger partial charge in [-0.2, -0.15) is 0 Å². The minimum Gasteiger partial charge on any atom is -0.504 e. The van der Waals surface area contributed by atoms with Gasteiger partial charge in [0.2, 0.25) is 0 Å². The van der Waals surface area contributed by atoms with Crippen LogP contribution in [-0.2, 0) is 0 Å². The maximum absolute atomic E-state index is 12.2. The predicted molar refractivity (Wildman–Crippen MR) is 96.9 cm³/mol. The number of allylic oxidation sites excluding steroid dienone is 1. The Labute approximate surface area is 149 Å². The molecule has 3 rings (SSSR count). The van der Waals surface area contributed by atoms with Crippen molar-refractivity contribution in [3.05, 3.63) is 36.0 Å². The quantitative estimate of drug-likeness (QED) is 0.490. The molecule has 0 amide bonds. The summed E-state index contributed by atoms with van der Waals surface area (Å²) in [6, 6.07) is 4.83. The molecular formula is C19H27N3O3. The molecular weight excluding hydrogens is 318 g/mol. The number of aromatic hydroxyl groups is 2. The number of phenolic OH excluding ortho intramolecular Hbond substituents is 2. The Morgan fingerprint density at radius 2 is 1.72 bits per heavy atom. The number of likely N-dealkylation sites (tertiary alicyclic amines) is 1. The number of hydrogen-bond donors (Lipinski definition) is 2. The lowest BCUT2D eigenvalue weighted by atomic mass is 10.0. The first-order chi connectivity index (χ1) is 12.0. The van der Waals surface area contributed by atoms with Crippen molar-refractivity contribution in [1.82, 2.24) is 14.7 Å². The lowest BCUT2D eigenvalue weighted by Gasteiger charge is -2.42. The van der Waals surface area contributed by atoms with Gasteiger partial charge in [-0.25, -0.2) is 0 Å². The van der Waals surface area contributed by atoms with Gasteiger partial charge >= 0.3 is 0 Å². The van der Waals surface area contributed by atoms with Crippen LogP contribution in [0.5, 0.6) is 11.5 Å². The minimum absolute atomic E-state index is 0.173. The number of nitrogens with zero attached hydrogens (tertiary/aromatic N) is 3. The molecule has 0 saturated carbocycles. The molecule has 2 N–H and O–H groups in total. The highest BCUT2D eigenvalue weighted by molar-refractivity contribution is 6.04. The molecule has 0 aromatic heterocycles. The summed E-state index contributed by atoms with van der Waals surface area (Å²) in [6.45, 7) is 6.28. The summed E-state index contributed by atoms with van der Waals surface area (Å²) in [5.74, 6) is -0.662. The molecule has 2 fully saturated rings. The third kappa shape index (κ3) is 4.52. The van der Waals surface area contributed by atoms with Crippen molar-refractivity contribution in [2.24, 2.45) is 0 Å². The molecule has 2 aliphatic heterocycles. The largest absolute Gasteiger partial charge is 0.504 e. The van der Waals surface area contributed by atoms with E-state index in [1.807, 2.05) is 6.20 Å². The lowest BCUT2D eigenvalue weighted by Crippen LogP contribution is -2.51. The van der Waals surface area contributed by atoms with Gasteiger partial charge in [0.25, 0.3) is 0 Å². The SMILES string of the molecule is CN1CCC(N2CCN(/C=C/C(=O)c3ccc(O)c(O)c3)CC2)CC1. The Hall–Kier alpha value is -2.05. The molecule has 0 aliphatic carbocycles. The second-order valence-corrected chi connectivity index (χ2v) is 6.99. The Bertz CT molecular complexity index is 631. The summed E-state index contributed by atoms with van der Waals surface area (Å²) in [6.07, 6.45) is 5.87. The van der Waals surface area contributed by atoms with E-state index in [0.29, 0.717) is 11.6 Å². The average molecular weight is 345 g/mol. The highest BCUT2D eigenvalue weighted by atomic mass is 16.3. The number of piperidine rings is 1. The van der Waals surface area contributed by atoms with E-state index in [1.165, 1.54) is 50.2 Å². The van der Waals surface area contributed by atoms with Gasteiger partial charge in [0.15, 0.2) is 17.3 Å². The van der Waals surface area contributed by atoms with Crippen molar-refractivity contribution in [1.29, 1.82) is 0 Å². The van der Waals surface area contributed by atoms with Gasteiger partial charge in [-0.05, 0) is 51.2 Å². The number of carbonyl (C=O) groups excluding carboxylic acids is 1. The number of benzene rings is 1. The van der Waals surface area contributed by atoms with Crippen molar-refractivity contribution in [2.75, 3.05) is 46.3 Å². The van der Waals surface area contributed by atoms with Crippen molar-refractivity contribution in [3.8, 4) is 11.5 Å². The Kier molecular flexibility index (Phi) is 5.60. The zero-order valence-corrected chi connectivity index (χ0v) is 14.8. The predicted octanol–water partition coefficient (Wildman–Crippen LogP) is 1.51. The van der Waals surface area contributed by atoms with Crippen LogP contribution in [0, 0.1) is 0 Å². The van der Waals surface area contributed by atoms with Gasteiger partial charge in [-0.15, -0.1) is 0 Å². The first kappa shape index (κ1) is 17.8. The highest BCUT2D eigenvalue weighted by Crippen LogP contribution is 2.25. The fourth-order valence-corrected chi connectivity index (χ4v) is 3.56. The average Bonchev–Trinajstić information content (AvgIpc) is 2.63. The normalized spacial score (nSPS) is 21.1. The van der Waals surface area contributed by atoms with Crippen LogP contribution in [0.4, 0.5) is 0 Å². The molecule has 1 aromatic rings. The molecule has 2 saturated heterocycles. The molecule has 2 heterocycles. The van der Waals surface area contributed by atoms with Crippen LogP contribution in [0.15, 0.2) is 30.5 Å². The molecule has 2 aliphatic rings. The van der Waals surface area contributed by atoms with Crippen LogP contribution in [0.3, 0.4) is 0 Å². The van der Waals surface area contributed by atoms with Crippen LogP contribution in [0.25, 0.3) is 0 Å². The standard InChI is InChI=1S/C19H27N3O3/c1-20-7-4-16(5-8-20)22-12-10-21(11-13-22)9-6-17(23)15-2-3-18(24)19(25)14-15/h2-3,6,9,14,16,24-25H,4-5,7-8,10-13H2,1H3/b9-6+. The van der Waals surface area contributed by atoms with E-state index >= 15 is 0 Å². The van der Waals surface area contributed by atoms with Gasteiger partial charge in [0.05, 0.1) is 0 Å². The zero-order valence-electron chi connectivity index (χ0n) is 14.8. The molecule has 6 nitrogen and oxygen atoms in total. The molecule has 0 atom stereocenters. The van der Waals surface area contributed by atoms with Crippen LogP contribution >= 0.6 is 0 Å². The third-order valence-electron chi connectivity index (χ3n) is 5.25. The van der Waals surface area contributed by atoms with Crippen LogP contribution in [-0.4, -0.2) is 83.1 Å². The second kappa shape index (κ2) is 7.89. The Morgan fingerprint density at radius 1 is 1.04 bits per heavy atom. The fourth-order valence-electron chi connectivity index (χ4n) is 3.56. The molecule has 0 spiro atoms. The number of rotatable bonds is 4. The Morgan fingerprint density at radius 3 is 2.36 bits per heavy atom. The van der Waals surface area contributed by atoms with Crippen molar-refractivity contribution < 1.29 is 15.0 Å². The number of piperazine rings is 1. The number of carbonyl (C=O) groups is 1. The fraction of sp³-hybridized carbons (Fsp3) is 0.526. The molecule has 6 heteroatoms. The summed E-state index contributed by atoms with van der Waals surface area (Å²) in [5.41, 5.74) is 0.372. The summed E-state index contributed by atoms with van der Waals surface area (Å²) in [4.78, 5) is 19.3. The van der Waals surface area contributed by atoms with E-state index in [2.05, 4.69) is 21.7 Å². The van der Waals surface area contributed by atoms with Gasteiger partial charge in [0.1, 0.15) is 0 Å². The third-order valence-corrected chi connectivity index (χ3v) is 5.25. The monoisotopic (exact) mass is 345 g/mol. The van der Waals surface area contributed by atoms with Crippen LogP contribution < -0.4 is 0 Å². The van der Waals surface area contributed by atoms with E-state index in [9.17, 15) is 15.0 Å². The molecule has 0 bridgehead atoms. The molecule has 136 valence electrons. The second-order valence-electron chi connectivity index (χ2n) is 6.99. The summed E-state index contributed by atoms with van der Waals surface area (Å²) in [7, 11) is 2.18. The van der Waals surface area contributed by atoms with Gasteiger partial charge in [-0.3, -0.25) is 9.69 Å².